The maximum absolute atomic E-state index is 12.0. The molecule has 6 heteroatoms. The fourth-order valence-electron chi connectivity index (χ4n) is 2.36. The zero-order valence-corrected chi connectivity index (χ0v) is 11.4. The highest BCUT2D eigenvalue weighted by molar-refractivity contribution is 5.93. The Kier molecular flexibility index (Phi) is 3.82. The Balaban J connectivity index is 1.53. The van der Waals surface area contributed by atoms with Gasteiger partial charge in [0.25, 0.3) is 5.91 Å². The third-order valence-electron chi connectivity index (χ3n) is 3.88. The summed E-state index contributed by atoms with van der Waals surface area (Å²) in [5, 5.41) is 6.49. The summed E-state index contributed by atoms with van der Waals surface area (Å²) in [5.41, 5.74) is 0.253. The molecule has 20 heavy (non-hydrogen) atoms. The molecule has 0 radical (unpaired) electrons. The Morgan fingerprint density at radius 3 is 2.95 bits per heavy atom. The summed E-state index contributed by atoms with van der Waals surface area (Å²) < 4.78 is 5.16. The molecule has 0 spiro atoms. The number of rotatable bonds is 7. The average molecular weight is 277 g/mol. The van der Waals surface area contributed by atoms with Gasteiger partial charge < -0.3 is 14.6 Å². The summed E-state index contributed by atoms with van der Waals surface area (Å²) >= 11 is 0. The third-order valence-corrected chi connectivity index (χ3v) is 3.88. The number of likely N-dealkylation sites (tertiary alicyclic amines) is 1. The Bertz CT molecular complexity index is 492. The second-order valence-corrected chi connectivity index (χ2v) is 5.70. The smallest absolute Gasteiger partial charge is 0.274 e. The van der Waals surface area contributed by atoms with Crippen molar-refractivity contribution in [2.45, 2.75) is 38.3 Å². The molecule has 2 heterocycles. The van der Waals surface area contributed by atoms with Crippen molar-refractivity contribution in [1.29, 1.82) is 0 Å². The van der Waals surface area contributed by atoms with Gasteiger partial charge in [-0.25, -0.2) is 0 Å². The lowest BCUT2D eigenvalue weighted by Gasteiger charge is -2.29. The van der Waals surface area contributed by atoms with Gasteiger partial charge in [0.2, 0.25) is 0 Å². The molecule has 3 rings (SSSR count). The van der Waals surface area contributed by atoms with Crippen molar-refractivity contribution in [3.05, 3.63) is 17.5 Å². The SMILES string of the molecule is O=CC(CC1CC1)NC(=O)c1cc(CN2CCC2)on1. The molecule has 1 unspecified atom stereocenters. The van der Waals surface area contributed by atoms with E-state index in [4.69, 9.17) is 4.52 Å². The van der Waals surface area contributed by atoms with E-state index in [2.05, 4.69) is 15.4 Å². The lowest BCUT2D eigenvalue weighted by atomic mass is 10.1. The van der Waals surface area contributed by atoms with Crippen LogP contribution in [0.25, 0.3) is 0 Å². The summed E-state index contributed by atoms with van der Waals surface area (Å²) in [6.45, 7) is 2.83. The number of nitrogens with zero attached hydrogens (tertiary/aromatic N) is 2. The number of hydrogen-bond acceptors (Lipinski definition) is 5. The van der Waals surface area contributed by atoms with Crippen molar-refractivity contribution < 1.29 is 14.1 Å². The van der Waals surface area contributed by atoms with Gasteiger partial charge in [0.15, 0.2) is 11.5 Å². The lowest BCUT2D eigenvalue weighted by molar-refractivity contribution is -0.109. The first-order chi connectivity index (χ1) is 9.74. The molecule has 1 aromatic heterocycles. The van der Waals surface area contributed by atoms with Gasteiger partial charge in [-0.05, 0) is 31.8 Å². The molecule has 1 atom stereocenters. The van der Waals surface area contributed by atoms with Crippen LogP contribution >= 0.6 is 0 Å². The summed E-state index contributed by atoms with van der Waals surface area (Å²) in [6.07, 6.45) is 5.06. The zero-order chi connectivity index (χ0) is 13.9. The molecule has 2 aliphatic rings. The highest BCUT2D eigenvalue weighted by Gasteiger charge is 2.27. The standard InChI is InChI=1S/C14H19N3O3/c18-9-11(6-10-2-3-10)15-14(19)13-7-12(20-16-13)8-17-4-1-5-17/h7,9-11H,1-6,8H2,(H,15,19). The van der Waals surface area contributed by atoms with Crippen molar-refractivity contribution >= 4 is 12.2 Å². The van der Waals surface area contributed by atoms with Crippen LogP contribution in [-0.4, -0.2) is 41.4 Å². The maximum atomic E-state index is 12.0. The van der Waals surface area contributed by atoms with Crippen molar-refractivity contribution in [1.82, 2.24) is 15.4 Å². The number of carbonyl (C=O) groups excluding carboxylic acids is 2. The second-order valence-electron chi connectivity index (χ2n) is 5.70. The number of carbonyl (C=O) groups is 2. The fraction of sp³-hybridized carbons (Fsp3) is 0.643. The predicted molar refractivity (Wildman–Crippen MR) is 71.1 cm³/mol. The third kappa shape index (κ3) is 3.25. The van der Waals surface area contributed by atoms with E-state index in [1.807, 2.05) is 0 Å². The topological polar surface area (TPSA) is 75.4 Å². The Labute approximate surface area is 117 Å². The molecule has 2 fully saturated rings. The van der Waals surface area contributed by atoms with E-state index in [1.54, 1.807) is 6.07 Å². The number of nitrogens with one attached hydrogen (secondary N) is 1. The van der Waals surface area contributed by atoms with Crippen molar-refractivity contribution in [2.75, 3.05) is 13.1 Å². The van der Waals surface area contributed by atoms with E-state index in [0.29, 0.717) is 18.2 Å². The minimum Gasteiger partial charge on any atom is -0.359 e. The van der Waals surface area contributed by atoms with E-state index in [9.17, 15) is 9.59 Å². The van der Waals surface area contributed by atoms with Crippen LogP contribution in [-0.2, 0) is 11.3 Å². The molecule has 108 valence electrons. The summed E-state index contributed by atoms with van der Waals surface area (Å²) in [7, 11) is 0. The summed E-state index contributed by atoms with van der Waals surface area (Å²) in [4.78, 5) is 25.2. The van der Waals surface area contributed by atoms with E-state index < -0.39 is 6.04 Å². The van der Waals surface area contributed by atoms with Crippen LogP contribution in [0.1, 0.15) is 41.9 Å². The van der Waals surface area contributed by atoms with Crippen LogP contribution in [0.3, 0.4) is 0 Å². The molecule has 0 aromatic carbocycles. The largest absolute Gasteiger partial charge is 0.359 e. The van der Waals surface area contributed by atoms with Crippen LogP contribution in [0.15, 0.2) is 10.6 Å². The van der Waals surface area contributed by atoms with Crippen LogP contribution in [0.4, 0.5) is 0 Å². The van der Waals surface area contributed by atoms with Crippen LogP contribution in [0.2, 0.25) is 0 Å². The number of aromatic nitrogens is 1. The summed E-state index contributed by atoms with van der Waals surface area (Å²) in [5.74, 6) is 0.950. The number of aldehydes is 1. The number of hydrogen-bond donors (Lipinski definition) is 1. The molecule has 1 saturated heterocycles. The molecule has 1 amide bonds. The van der Waals surface area contributed by atoms with Gasteiger partial charge >= 0.3 is 0 Å². The maximum Gasteiger partial charge on any atom is 0.274 e. The highest BCUT2D eigenvalue weighted by atomic mass is 16.5. The molecule has 1 aromatic rings. The van der Waals surface area contributed by atoms with Gasteiger partial charge in [-0.15, -0.1) is 0 Å². The molecular formula is C14H19N3O3. The van der Waals surface area contributed by atoms with E-state index in [0.717, 1.165) is 38.6 Å². The number of amides is 1. The van der Waals surface area contributed by atoms with Gasteiger partial charge in [0.1, 0.15) is 6.29 Å². The van der Waals surface area contributed by atoms with Gasteiger partial charge in [0, 0.05) is 6.07 Å². The van der Waals surface area contributed by atoms with Gasteiger partial charge in [0.05, 0.1) is 12.6 Å². The molecule has 1 N–H and O–H groups in total. The Morgan fingerprint density at radius 2 is 2.35 bits per heavy atom. The molecule has 0 bridgehead atoms. The minimum absolute atomic E-state index is 0.253. The van der Waals surface area contributed by atoms with Crippen molar-refractivity contribution in [2.24, 2.45) is 5.92 Å². The molecule has 6 nitrogen and oxygen atoms in total. The predicted octanol–water partition coefficient (Wildman–Crippen LogP) is 0.978. The van der Waals surface area contributed by atoms with E-state index in [-0.39, 0.29) is 11.6 Å². The van der Waals surface area contributed by atoms with Gasteiger partial charge in [-0.2, -0.15) is 0 Å². The Hall–Kier alpha value is -1.69. The Morgan fingerprint density at radius 1 is 1.55 bits per heavy atom. The zero-order valence-electron chi connectivity index (χ0n) is 11.4. The highest BCUT2D eigenvalue weighted by Crippen LogP contribution is 2.33. The quantitative estimate of drug-likeness (QED) is 0.752. The van der Waals surface area contributed by atoms with E-state index in [1.165, 1.54) is 6.42 Å². The van der Waals surface area contributed by atoms with Crippen LogP contribution in [0, 0.1) is 5.92 Å². The van der Waals surface area contributed by atoms with Crippen LogP contribution < -0.4 is 5.32 Å². The fourth-order valence-corrected chi connectivity index (χ4v) is 2.36. The van der Waals surface area contributed by atoms with Crippen LogP contribution in [0.5, 0.6) is 0 Å². The molecule has 1 aliphatic heterocycles. The second kappa shape index (κ2) is 5.75. The average Bonchev–Trinajstić information content (AvgIpc) is 3.08. The molecule has 1 saturated carbocycles. The molecule has 1 aliphatic carbocycles. The lowest BCUT2D eigenvalue weighted by Crippen LogP contribution is -2.36. The molecular weight excluding hydrogens is 258 g/mol. The normalized spacial score (nSPS) is 20.2. The van der Waals surface area contributed by atoms with Crippen molar-refractivity contribution in [3.63, 3.8) is 0 Å². The van der Waals surface area contributed by atoms with E-state index >= 15 is 0 Å². The first-order valence-corrected chi connectivity index (χ1v) is 7.18. The summed E-state index contributed by atoms with van der Waals surface area (Å²) in [6, 6.07) is 1.25. The monoisotopic (exact) mass is 277 g/mol. The first kappa shape index (κ1) is 13.3. The van der Waals surface area contributed by atoms with Crippen molar-refractivity contribution in [3.8, 4) is 0 Å². The van der Waals surface area contributed by atoms with Gasteiger partial charge in [-0.3, -0.25) is 9.69 Å². The first-order valence-electron chi connectivity index (χ1n) is 7.18. The minimum atomic E-state index is -0.412. The van der Waals surface area contributed by atoms with Gasteiger partial charge in [-0.1, -0.05) is 18.0 Å².